The van der Waals surface area contributed by atoms with Gasteiger partial charge in [0, 0.05) is 12.8 Å². The Hall–Kier alpha value is -2.22. The summed E-state index contributed by atoms with van der Waals surface area (Å²) in [6.45, 7) is 2.44. The van der Waals surface area contributed by atoms with Gasteiger partial charge in [0.25, 0.3) is 0 Å². The predicted octanol–water partition coefficient (Wildman–Crippen LogP) is 1.73. The highest BCUT2D eigenvalue weighted by atomic mass is 32.2. The Morgan fingerprint density at radius 2 is 1.77 bits per heavy atom. The minimum absolute atomic E-state index is 0.0453. The number of amides is 1. The lowest BCUT2D eigenvalue weighted by Crippen LogP contribution is -2.36. The van der Waals surface area contributed by atoms with Crippen molar-refractivity contribution in [3.05, 3.63) is 65.7 Å². The van der Waals surface area contributed by atoms with E-state index in [1.54, 1.807) is 24.3 Å². The van der Waals surface area contributed by atoms with Gasteiger partial charge in [-0.3, -0.25) is 10.2 Å². The molecule has 3 N–H and O–H groups in total. The van der Waals surface area contributed by atoms with Crippen LogP contribution >= 0.6 is 0 Å². The fraction of sp³-hybridized carbons (Fsp3) is 0.316. The summed E-state index contributed by atoms with van der Waals surface area (Å²) in [5.74, 6) is -0.272. The van der Waals surface area contributed by atoms with Crippen LogP contribution in [0.15, 0.2) is 59.5 Å². The monoisotopic (exact) mass is 373 g/mol. The fourth-order valence-corrected chi connectivity index (χ4v) is 3.76. The number of benzene rings is 2. The van der Waals surface area contributed by atoms with Crippen molar-refractivity contribution in [2.75, 3.05) is 12.8 Å². The molecule has 1 aliphatic heterocycles. The van der Waals surface area contributed by atoms with E-state index in [1.165, 1.54) is 6.26 Å². The number of rotatable bonds is 5. The van der Waals surface area contributed by atoms with Crippen molar-refractivity contribution in [1.29, 1.82) is 0 Å². The van der Waals surface area contributed by atoms with E-state index in [4.69, 9.17) is 0 Å². The average Bonchev–Trinajstić information content (AvgIpc) is 3.11. The maximum Gasteiger partial charge on any atom is 0.226 e. The van der Waals surface area contributed by atoms with E-state index >= 15 is 0 Å². The molecule has 26 heavy (non-hydrogen) atoms. The van der Waals surface area contributed by atoms with Gasteiger partial charge in [-0.15, -0.1) is 0 Å². The number of carbonyl (C=O) groups is 1. The lowest BCUT2D eigenvalue weighted by molar-refractivity contribution is -0.125. The third-order valence-corrected chi connectivity index (χ3v) is 5.77. The van der Waals surface area contributed by atoms with Gasteiger partial charge < -0.3 is 5.32 Å². The molecule has 0 radical (unpaired) electrons. The standard InChI is InChI=1S/C19H23N3O3S/c1-13(14-8-10-16(11-9-14)26(2,24)25)21-19(23)17-12-20-22-18(17)15-6-4-3-5-7-15/h3-11,13,17-18,20,22H,12H2,1-2H3,(H,21,23). The summed E-state index contributed by atoms with van der Waals surface area (Å²) >= 11 is 0. The molecule has 0 aliphatic carbocycles. The van der Waals surface area contributed by atoms with Gasteiger partial charge in [0.05, 0.1) is 22.9 Å². The Bertz CT molecular complexity index is 867. The maximum atomic E-state index is 12.8. The molecule has 2 aromatic rings. The van der Waals surface area contributed by atoms with Gasteiger partial charge in [-0.25, -0.2) is 13.8 Å². The van der Waals surface area contributed by atoms with Gasteiger partial charge in [0.15, 0.2) is 9.84 Å². The molecule has 0 spiro atoms. The van der Waals surface area contributed by atoms with Crippen LogP contribution in [-0.2, 0) is 14.6 Å². The minimum Gasteiger partial charge on any atom is -0.349 e. The number of hydrogen-bond donors (Lipinski definition) is 3. The Kier molecular flexibility index (Phi) is 5.41. The highest BCUT2D eigenvalue weighted by molar-refractivity contribution is 7.90. The molecule has 3 rings (SSSR count). The quantitative estimate of drug-likeness (QED) is 0.743. The van der Waals surface area contributed by atoms with Crippen molar-refractivity contribution < 1.29 is 13.2 Å². The van der Waals surface area contributed by atoms with Crippen LogP contribution in [0.4, 0.5) is 0 Å². The minimum atomic E-state index is -3.22. The first-order chi connectivity index (χ1) is 12.4. The van der Waals surface area contributed by atoms with E-state index in [1.807, 2.05) is 37.3 Å². The smallest absolute Gasteiger partial charge is 0.226 e. The van der Waals surface area contributed by atoms with Gasteiger partial charge in [-0.1, -0.05) is 42.5 Å². The van der Waals surface area contributed by atoms with E-state index in [-0.39, 0.29) is 28.8 Å². The van der Waals surface area contributed by atoms with Crippen molar-refractivity contribution in [2.45, 2.75) is 23.9 Å². The van der Waals surface area contributed by atoms with Crippen molar-refractivity contribution in [3.63, 3.8) is 0 Å². The summed E-state index contributed by atoms with van der Waals surface area (Å²) in [4.78, 5) is 13.0. The van der Waals surface area contributed by atoms with Crippen LogP contribution in [0, 0.1) is 5.92 Å². The first kappa shape index (κ1) is 18.6. The molecule has 138 valence electrons. The largest absolute Gasteiger partial charge is 0.349 e. The fourth-order valence-electron chi connectivity index (χ4n) is 3.12. The van der Waals surface area contributed by atoms with E-state index in [9.17, 15) is 13.2 Å². The average molecular weight is 373 g/mol. The Balaban J connectivity index is 1.69. The predicted molar refractivity (Wildman–Crippen MR) is 99.9 cm³/mol. The second-order valence-corrected chi connectivity index (χ2v) is 8.61. The summed E-state index contributed by atoms with van der Waals surface area (Å²) < 4.78 is 23.1. The summed E-state index contributed by atoms with van der Waals surface area (Å²) in [6.07, 6.45) is 1.18. The molecular weight excluding hydrogens is 350 g/mol. The highest BCUT2D eigenvalue weighted by Gasteiger charge is 2.34. The summed E-state index contributed by atoms with van der Waals surface area (Å²) in [6, 6.07) is 16.2. The number of sulfone groups is 1. The molecule has 1 aliphatic rings. The molecule has 3 atom stereocenters. The molecule has 1 amide bonds. The van der Waals surface area contributed by atoms with Crippen LogP contribution in [0.5, 0.6) is 0 Å². The second-order valence-electron chi connectivity index (χ2n) is 6.59. The Morgan fingerprint density at radius 3 is 2.38 bits per heavy atom. The van der Waals surface area contributed by atoms with Crippen LogP contribution in [-0.4, -0.2) is 27.1 Å². The molecule has 7 heteroatoms. The molecule has 0 saturated carbocycles. The van der Waals surface area contributed by atoms with Gasteiger partial charge in [-0.2, -0.15) is 0 Å². The molecule has 0 bridgehead atoms. The first-order valence-electron chi connectivity index (χ1n) is 8.50. The normalized spacial score (nSPS) is 21.3. The molecular formula is C19H23N3O3S. The number of hydrazine groups is 1. The van der Waals surface area contributed by atoms with E-state index < -0.39 is 9.84 Å². The van der Waals surface area contributed by atoms with E-state index in [0.717, 1.165) is 11.1 Å². The summed E-state index contributed by atoms with van der Waals surface area (Å²) in [7, 11) is -3.22. The Morgan fingerprint density at radius 1 is 1.12 bits per heavy atom. The van der Waals surface area contributed by atoms with E-state index in [0.29, 0.717) is 6.54 Å². The van der Waals surface area contributed by atoms with Gasteiger partial charge in [0.1, 0.15) is 0 Å². The third kappa shape index (κ3) is 4.12. The molecule has 1 heterocycles. The molecule has 3 unspecified atom stereocenters. The molecule has 0 aromatic heterocycles. The van der Waals surface area contributed by atoms with Crippen molar-refractivity contribution in [2.24, 2.45) is 5.92 Å². The topological polar surface area (TPSA) is 87.3 Å². The zero-order valence-corrected chi connectivity index (χ0v) is 15.6. The maximum absolute atomic E-state index is 12.8. The van der Waals surface area contributed by atoms with E-state index in [2.05, 4.69) is 16.2 Å². The summed E-state index contributed by atoms with van der Waals surface area (Å²) in [5, 5.41) is 3.03. The van der Waals surface area contributed by atoms with Crippen molar-refractivity contribution >= 4 is 15.7 Å². The van der Waals surface area contributed by atoms with Gasteiger partial charge in [0.2, 0.25) is 5.91 Å². The Labute approximate surface area is 153 Å². The highest BCUT2D eigenvalue weighted by Crippen LogP contribution is 2.26. The van der Waals surface area contributed by atoms with Crippen LogP contribution in [0.2, 0.25) is 0 Å². The van der Waals surface area contributed by atoms with Crippen LogP contribution in [0.1, 0.15) is 30.1 Å². The lowest BCUT2D eigenvalue weighted by Gasteiger charge is -2.21. The van der Waals surface area contributed by atoms with Crippen LogP contribution < -0.4 is 16.2 Å². The molecule has 6 nitrogen and oxygen atoms in total. The number of carbonyl (C=O) groups excluding carboxylic acids is 1. The summed E-state index contributed by atoms with van der Waals surface area (Å²) in [5.41, 5.74) is 8.14. The first-order valence-corrected chi connectivity index (χ1v) is 10.4. The molecule has 1 fully saturated rings. The van der Waals surface area contributed by atoms with Gasteiger partial charge >= 0.3 is 0 Å². The SMILES string of the molecule is CC(NC(=O)C1CNNC1c1ccccc1)c1ccc(S(C)(=O)=O)cc1. The van der Waals surface area contributed by atoms with Crippen molar-refractivity contribution in [1.82, 2.24) is 16.2 Å². The number of nitrogens with one attached hydrogen (secondary N) is 3. The van der Waals surface area contributed by atoms with Crippen molar-refractivity contribution in [3.8, 4) is 0 Å². The number of hydrogen-bond acceptors (Lipinski definition) is 5. The molecule has 1 saturated heterocycles. The zero-order valence-electron chi connectivity index (χ0n) is 14.8. The lowest BCUT2D eigenvalue weighted by atomic mass is 9.93. The van der Waals surface area contributed by atoms with Crippen LogP contribution in [0.25, 0.3) is 0 Å². The van der Waals surface area contributed by atoms with Crippen LogP contribution in [0.3, 0.4) is 0 Å². The third-order valence-electron chi connectivity index (χ3n) is 4.64. The molecule has 2 aromatic carbocycles. The van der Waals surface area contributed by atoms with Gasteiger partial charge in [-0.05, 0) is 30.2 Å². The second kappa shape index (κ2) is 7.57. The zero-order chi connectivity index (χ0) is 18.7.